The second-order valence-electron chi connectivity index (χ2n) is 6.88. The molecule has 0 bridgehead atoms. The van der Waals surface area contributed by atoms with Gasteiger partial charge in [0.1, 0.15) is 16.3 Å². The van der Waals surface area contributed by atoms with Crippen LogP contribution in [0, 0.1) is 0 Å². The van der Waals surface area contributed by atoms with E-state index in [-0.39, 0.29) is 12.3 Å². The summed E-state index contributed by atoms with van der Waals surface area (Å²) in [6.45, 7) is 0. The molecule has 1 amide bonds. The van der Waals surface area contributed by atoms with E-state index in [9.17, 15) is 4.79 Å². The Balaban J connectivity index is 1.40. The Morgan fingerprint density at radius 1 is 1.10 bits per heavy atom. The number of carbonyl (C=O) groups is 1. The van der Waals surface area contributed by atoms with E-state index in [1.807, 2.05) is 60.7 Å². The van der Waals surface area contributed by atoms with Gasteiger partial charge in [0.15, 0.2) is 0 Å². The summed E-state index contributed by atoms with van der Waals surface area (Å²) in [5.74, 6) is 0.611. The van der Waals surface area contributed by atoms with Crippen molar-refractivity contribution in [3.05, 3.63) is 78.6 Å². The fourth-order valence-electron chi connectivity index (χ4n) is 3.46. The number of para-hydroxylation sites is 2. The van der Waals surface area contributed by atoms with Gasteiger partial charge in [0.25, 0.3) is 0 Å². The second-order valence-corrected chi connectivity index (χ2v) is 7.91. The van der Waals surface area contributed by atoms with Gasteiger partial charge in [-0.3, -0.25) is 4.79 Å². The van der Waals surface area contributed by atoms with E-state index >= 15 is 0 Å². The van der Waals surface area contributed by atoms with E-state index in [2.05, 4.69) is 11.4 Å². The second kappa shape index (κ2) is 7.65. The van der Waals surface area contributed by atoms with Crippen molar-refractivity contribution in [3.8, 4) is 16.3 Å². The summed E-state index contributed by atoms with van der Waals surface area (Å²) in [4.78, 5) is 17.5. The van der Waals surface area contributed by atoms with Crippen LogP contribution in [0.2, 0.25) is 0 Å². The molecule has 3 aromatic carbocycles. The van der Waals surface area contributed by atoms with Crippen LogP contribution in [0.1, 0.15) is 5.56 Å². The number of carbonyl (C=O) groups excluding carboxylic acids is 1. The maximum Gasteiger partial charge on any atom is 0.228 e. The summed E-state index contributed by atoms with van der Waals surface area (Å²) in [7, 11) is 1.61. The van der Waals surface area contributed by atoms with Crippen LogP contribution in [0.4, 0.5) is 5.69 Å². The number of fused-ring (bicyclic) bond motifs is 2. The van der Waals surface area contributed by atoms with E-state index in [4.69, 9.17) is 14.1 Å². The van der Waals surface area contributed by atoms with Crippen LogP contribution in [0.5, 0.6) is 5.75 Å². The van der Waals surface area contributed by atoms with Gasteiger partial charge in [-0.15, -0.1) is 11.3 Å². The number of anilines is 1. The number of thiazole rings is 1. The highest BCUT2D eigenvalue weighted by molar-refractivity contribution is 7.21. The maximum atomic E-state index is 12.8. The molecule has 5 nitrogen and oxygen atoms in total. The monoisotopic (exact) mass is 414 g/mol. The van der Waals surface area contributed by atoms with Crippen LogP contribution in [-0.2, 0) is 11.2 Å². The zero-order valence-electron chi connectivity index (χ0n) is 16.2. The van der Waals surface area contributed by atoms with E-state index in [0.717, 1.165) is 43.2 Å². The summed E-state index contributed by atoms with van der Waals surface area (Å²) >= 11 is 1.61. The predicted molar refractivity (Wildman–Crippen MR) is 120 cm³/mol. The minimum Gasteiger partial charge on any atom is -0.497 e. The third-order valence-electron chi connectivity index (χ3n) is 4.94. The molecule has 0 spiro atoms. The molecule has 0 aliphatic rings. The minimum absolute atomic E-state index is 0.109. The lowest BCUT2D eigenvalue weighted by molar-refractivity contribution is -0.115. The summed E-state index contributed by atoms with van der Waals surface area (Å²) in [6.07, 6.45) is 1.84. The maximum absolute atomic E-state index is 12.8. The molecule has 0 aliphatic heterocycles. The number of furan rings is 1. The quantitative estimate of drug-likeness (QED) is 0.389. The van der Waals surface area contributed by atoms with Crippen LogP contribution in [0.15, 0.2) is 77.4 Å². The molecule has 0 atom stereocenters. The van der Waals surface area contributed by atoms with Gasteiger partial charge in [0.05, 0.1) is 35.7 Å². The first-order valence-electron chi connectivity index (χ1n) is 9.50. The molecule has 30 heavy (non-hydrogen) atoms. The number of methoxy groups -OCH3 is 1. The van der Waals surface area contributed by atoms with E-state index in [0.29, 0.717) is 5.58 Å². The third-order valence-corrected chi connectivity index (χ3v) is 6.01. The fourth-order valence-corrected chi connectivity index (χ4v) is 4.47. The van der Waals surface area contributed by atoms with Crippen molar-refractivity contribution >= 4 is 44.1 Å². The molecule has 0 fully saturated rings. The lowest BCUT2D eigenvalue weighted by atomic mass is 10.1. The molecule has 5 rings (SSSR count). The van der Waals surface area contributed by atoms with Gasteiger partial charge in [-0.05, 0) is 36.4 Å². The number of benzene rings is 3. The first-order chi connectivity index (χ1) is 14.7. The highest BCUT2D eigenvalue weighted by Crippen LogP contribution is 2.34. The zero-order valence-corrected chi connectivity index (χ0v) is 17.0. The van der Waals surface area contributed by atoms with Crippen LogP contribution in [0.25, 0.3) is 31.8 Å². The van der Waals surface area contributed by atoms with Crippen molar-refractivity contribution in [2.75, 3.05) is 12.4 Å². The molecule has 148 valence electrons. The van der Waals surface area contributed by atoms with Gasteiger partial charge >= 0.3 is 0 Å². The fraction of sp³-hybridized carbons (Fsp3) is 0.0833. The molecule has 0 saturated carbocycles. The van der Waals surface area contributed by atoms with Gasteiger partial charge in [-0.25, -0.2) is 4.98 Å². The summed E-state index contributed by atoms with van der Waals surface area (Å²) in [6, 6.07) is 21.4. The number of hydrogen-bond donors (Lipinski definition) is 1. The number of amides is 1. The molecular weight excluding hydrogens is 396 g/mol. The third kappa shape index (κ3) is 3.42. The summed E-state index contributed by atoms with van der Waals surface area (Å²) < 4.78 is 11.9. The van der Waals surface area contributed by atoms with Crippen LogP contribution < -0.4 is 10.1 Å². The molecule has 2 heterocycles. The first-order valence-corrected chi connectivity index (χ1v) is 10.3. The number of rotatable bonds is 5. The van der Waals surface area contributed by atoms with Crippen molar-refractivity contribution in [1.29, 1.82) is 0 Å². The van der Waals surface area contributed by atoms with E-state index in [1.165, 1.54) is 0 Å². The molecule has 0 radical (unpaired) electrons. The van der Waals surface area contributed by atoms with Crippen molar-refractivity contribution in [2.45, 2.75) is 6.42 Å². The molecular formula is C24H18N2O3S. The molecule has 0 aliphatic carbocycles. The standard InChI is InChI=1S/C24H18N2O3S/c1-28-16-10-11-17-15(14-29-21(17)13-16)12-23(27)25-19-7-3-2-6-18(19)24-26-20-8-4-5-9-22(20)30-24/h2-11,13-14H,12H2,1H3,(H,25,27). The summed E-state index contributed by atoms with van der Waals surface area (Å²) in [5, 5.41) is 4.83. The van der Waals surface area contributed by atoms with Gasteiger partial charge in [0, 0.05) is 22.6 Å². The van der Waals surface area contributed by atoms with Crippen LogP contribution >= 0.6 is 11.3 Å². The molecule has 0 saturated heterocycles. The van der Waals surface area contributed by atoms with Gasteiger partial charge in [-0.2, -0.15) is 0 Å². The smallest absolute Gasteiger partial charge is 0.228 e. The van der Waals surface area contributed by atoms with Gasteiger partial charge < -0.3 is 14.5 Å². The van der Waals surface area contributed by atoms with Crippen LogP contribution in [-0.4, -0.2) is 18.0 Å². The number of nitrogens with zero attached hydrogens (tertiary/aromatic N) is 1. The SMILES string of the molecule is COc1ccc2c(CC(=O)Nc3ccccc3-c3nc4ccccc4s3)coc2c1. The highest BCUT2D eigenvalue weighted by atomic mass is 32.1. The van der Waals surface area contributed by atoms with Crippen molar-refractivity contribution < 1.29 is 13.9 Å². The Morgan fingerprint density at radius 2 is 1.93 bits per heavy atom. The number of hydrogen-bond acceptors (Lipinski definition) is 5. The highest BCUT2D eigenvalue weighted by Gasteiger charge is 2.15. The average molecular weight is 414 g/mol. The lowest BCUT2D eigenvalue weighted by Gasteiger charge is -2.09. The van der Waals surface area contributed by atoms with E-state index < -0.39 is 0 Å². The molecule has 0 unspecified atom stereocenters. The Kier molecular flexibility index (Phi) is 4.69. The largest absolute Gasteiger partial charge is 0.497 e. The number of ether oxygens (including phenoxy) is 1. The molecule has 5 aromatic rings. The Hall–Kier alpha value is -3.64. The lowest BCUT2D eigenvalue weighted by Crippen LogP contribution is -2.14. The predicted octanol–water partition coefficient (Wildman–Crippen LogP) is 5.90. The Labute approximate surface area is 176 Å². The summed E-state index contributed by atoms with van der Waals surface area (Å²) in [5.41, 5.74) is 4.15. The van der Waals surface area contributed by atoms with Crippen LogP contribution in [0.3, 0.4) is 0 Å². The number of nitrogens with one attached hydrogen (secondary N) is 1. The van der Waals surface area contributed by atoms with Crippen molar-refractivity contribution in [1.82, 2.24) is 4.98 Å². The Morgan fingerprint density at radius 3 is 2.80 bits per heavy atom. The Bertz CT molecular complexity index is 1340. The minimum atomic E-state index is -0.109. The van der Waals surface area contributed by atoms with Crippen molar-refractivity contribution in [3.63, 3.8) is 0 Å². The normalized spacial score (nSPS) is 11.1. The van der Waals surface area contributed by atoms with E-state index in [1.54, 1.807) is 24.7 Å². The molecule has 2 aromatic heterocycles. The number of aromatic nitrogens is 1. The average Bonchev–Trinajstić information content (AvgIpc) is 3.37. The molecule has 6 heteroatoms. The first kappa shape index (κ1) is 18.4. The topological polar surface area (TPSA) is 64.4 Å². The van der Waals surface area contributed by atoms with Crippen molar-refractivity contribution in [2.24, 2.45) is 0 Å². The molecule has 1 N–H and O–H groups in total. The zero-order chi connectivity index (χ0) is 20.5. The van der Waals surface area contributed by atoms with Gasteiger partial charge in [0.2, 0.25) is 5.91 Å². The van der Waals surface area contributed by atoms with Gasteiger partial charge in [-0.1, -0.05) is 24.3 Å².